The van der Waals surface area contributed by atoms with Crippen LogP contribution in [-0.4, -0.2) is 5.11 Å². The zero-order valence-corrected chi connectivity index (χ0v) is 11.5. The largest absolute Gasteiger partial charge is 0.508 e. The van der Waals surface area contributed by atoms with E-state index in [1.807, 2.05) is 0 Å². The summed E-state index contributed by atoms with van der Waals surface area (Å²) in [6.07, 6.45) is 0. The molecule has 2 rings (SSSR count). The normalized spacial score (nSPS) is 10.7. The molecule has 0 fully saturated rings. The molecule has 0 aliphatic rings. The van der Waals surface area contributed by atoms with Crippen LogP contribution >= 0.6 is 15.9 Å². The second kappa shape index (κ2) is 6.12. The minimum atomic E-state index is -0.592. The second-order valence-electron chi connectivity index (χ2n) is 4.11. The molecule has 0 amide bonds. The van der Waals surface area contributed by atoms with Crippen LogP contribution in [0.3, 0.4) is 0 Å². The van der Waals surface area contributed by atoms with Gasteiger partial charge in [-0.25, -0.2) is 8.78 Å². The lowest BCUT2D eigenvalue weighted by Crippen LogP contribution is -2.14. The van der Waals surface area contributed by atoms with Gasteiger partial charge in [0.05, 0.1) is 0 Å². The third-order valence-electron chi connectivity index (χ3n) is 2.69. The standard InChI is InChI=1S/C14H12BrF2NO/c15-11-2-4-14(19)10(5-11)8-18-7-9-1-3-12(16)6-13(9)17/h1-6,18-19H,7-8H2. The zero-order valence-electron chi connectivity index (χ0n) is 9.96. The Labute approximate surface area is 118 Å². The van der Waals surface area contributed by atoms with E-state index in [4.69, 9.17) is 0 Å². The molecule has 0 unspecified atom stereocenters. The van der Waals surface area contributed by atoms with Gasteiger partial charge in [-0.15, -0.1) is 0 Å². The number of rotatable bonds is 4. The first-order valence-electron chi connectivity index (χ1n) is 5.68. The molecule has 0 aliphatic heterocycles. The van der Waals surface area contributed by atoms with E-state index in [0.29, 0.717) is 17.7 Å². The monoisotopic (exact) mass is 327 g/mol. The predicted octanol–water partition coefficient (Wildman–Crippen LogP) is 3.72. The number of benzene rings is 2. The molecule has 0 bridgehead atoms. The van der Waals surface area contributed by atoms with E-state index in [1.165, 1.54) is 12.1 Å². The molecule has 0 saturated heterocycles. The average Bonchev–Trinajstić information content (AvgIpc) is 2.36. The molecule has 0 atom stereocenters. The van der Waals surface area contributed by atoms with Crippen molar-refractivity contribution >= 4 is 15.9 Å². The lowest BCUT2D eigenvalue weighted by molar-refractivity contribution is 0.463. The minimum absolute atomic E-state index is 0.176. The minimum Gasteiger partial charge on any atom is -0.508 e. The summed E-state index contributed by atoms with van der Waals surface area (Å²) < 4.78 is 27.0. The molecular weight excluding hydrogens is 316 g/mol. The van der Waals surface area contributed by atoms with Gasteiger partial charge < -0.3 is 10.4 Å². The SMILES string of the molecule is Oc1ccc(Br)cc1CNCc1ccc(F)cc1F. The molecule has 2 nitrogen and oxygen atoms in total. The van der Waals surface area contributed by atoms with Crippen molar-refractivity contribution < 1.29 is 13.9 Å². The van der Waals surface area contributed by atoms with Crippen molar-refractivity contribution in [2.75, 3.05) is 0 Å². The Balaban J connectivity index is 1.98. The summed E-state index contributed by atoms with van der Waals surface area (Å²) in [6.45, 7) is 0.653. The van der Waals surface area contributed by atoms with Crippen molar-refractivity contribution in [2.45, 2.75) is 13.1 Å². The molecule has 2 aromatic rings. The molecule has 0 aromatic heterocycles. The molecule has 5 heteroatoms. The van der Waals surface area contributed by atoms with Crippen molar-refractivity contribution in [3.8, 4) is 5.75 Å². The van der Waals surface area contributed by atoms with Crippen LogP contribution in [-0.2, 0) is 13.1 Å². The van der Waals surface area contributed by atoms with Crippen molar-refractivity contribution in [1.82, 2.24) is 5.32 Å². The van der Waals surface area contributed by atoms with E-state index in [0.717, 1.165) is 10.5 Å². The van der Waals surface area contributed by atoms with Crippen LogP contribution in [0.25, 0.3) is 0 Å². The fraction of sp³-hybridized carbons (Fsp3) is 0.143. The lowest BCUT2D eigenvalue weighted by Gasteiger charge is -2.08. The highest BCUT2D eigenvalue weighted by Gasteiger charge is 2.05. The Morgan fingerprint density at radius 2 is 1.74 bits per heavy atom. The highest BCUT2D eigenvalue weighted by Crippen LogP contribution is 2.21. The number of nitrogens with one attached hydrogen (secondary N) is 1. The van der Waals surface area contributed by atoms with E-state index < -0.39 is 11.6 Å². The quantitative estimate of drug-likeness (QED) is 0.896. The fourth-order valence-electron chi connectivity index (χ4n) is 1.69. The first-order chi connectivity index (χ1) is 9.06. The van der Waals surface area contributed by atoms with Crippen molar-refractivity contribution in [2.24, 2.45) is 0 Å². The summed E-state index contributed by atoms with van der Waals surface area (Å²) in [5, 5.41) is 12.6. The zero-order chi connectivity index (χ0) is 13.8. The summed E-state index contributed by atoms with van der Waals surface area (Å²) >= 11 is 3.31. The molecule has 0 spiro atoms. The molecule has 0 aliphatic carbocycles. The number of hydrogen-bond acceptors (Lipinski definition) is 2. The maximum Gasteiger partial charge on any atom is 0.130 e. The van der Waals surface area contributed by atoms with Crippen molar-refractivity contribution in [3.05, 3.63) is 63.6 Å². The molecule has 0 radical (unpaired) electrons. The maximum atomic E-state index is 13.4. The van der Waals surface area contributed by atoms with Gasteiger partial charge in [0.25, 0.3) is 0 Å². The molecular formula is C14H12BrF2NO. The molecule has 2 N–H and O–H groups in total. The summed E-state index contributed by atoms with van der Waals surface area (Å²) in [5.74, 6) is -0.993. The van der Waals surface area contributed by atoms with Gasteiger partial charge in [0.15, 0.2) is 0 Å². The van der Waals surface area contributed by atoms with Crippen molar-refractivity contribution in [1.29, 1.82) is 0 Å². The molecule has 100 valence electrons. The number of aromatic hydroxyl groups is 1. The topological polar surface area (TPSA) is 32.3 Å². The van der Waals surface area contributed by atoms with Crippen LogP contribution in [0.1, 0.15) is 11.1 Å². The van der Waals surface area contributed by atoms with Gasteiger partial charge in [-0.2, -0.15) is 0 Å². The van der Waals surface area contributed by atoms with Crippen LogP contribution in [0.4, 0.5) is 8.78 Å². The summed E-state index contributed by atoms with van der Waals surface area (Å²) in [4.78, 5) is 0. The summed E-state index contributed by atoms with van der Waals surface area (Å²) in [7, 11) is 0. The van der Waals surface area contributed by atoms with Crippen LogP contribution in [0.2, 0.25) is 0 Å². The van der Waals surface area contributed by atoms with Gasteiger partial charge in [0, 0.05) is 34.8 Å². The maximum absolute atomic E-state index is 13.4. The number of halogens is 3. The highest BCUT2D eigenvalue weighted by molar-refractivity contribution is 9.10. The average molecular weight is 328 g/mol. The van der Waals surface area contributed by atoms with Crippen LogP contribution < -0.4 is 5.32 Å². The van der Waals surface area contributed by atoms with Gasteiger partial charge >= 0.3 is 0 Å². The molecule has 0 heterocycles. The third-order valence-corrected chi connectivity index (χ3v) is 3.18. The van der Waals surface area contributed by atoms with Crippen LogP contribution in [0.5, 0.6) is 5.75 Å². The molecule has 0 saturated carbocycles. The van der Waals surface area contributed by atoms with E-state index >= 15 is 0 Å². The number of hydrogen-bond donors (Lipinski definition) is 2. The van der Waals surface area contributed by atoms with Gasteiger partial charge in [0.2, 0.25) is 0 Å². The van der Waals surface area contributed by atoms with E-state index in [9.17, 15) is 13.9 Å². The van der Waals surface area contributed by atoms with E-state index in [2.05, 4.69) is 21.2 Å². The van der Waals surface area contributed by atoms with Gasteiger partial charge in [-0.05, 0) is 24.3 Å². The van der Waals surface area contributed by atoms with Gasteiger partial charge in [-0.3, -0.25) is 0 Å². The second-order valence-corrected chi connectivity index (χ2v) is 5.03. The van der Waals surface area contributed by atoms with E-state index in [-0.39, 0.29) is 12.3 Å². The Kier molecular flexibility index (Phi) is 4.50. The Hall–Kier alpha value is -1.46. The molecule has 19 heavy (non-hydrogen) atoms. The molecule has 2 aromatic carbocycles. The van der Waals surface area contributed by atoms with Crippen molar-refractivity contribution in [3.63, 3.8) is 0 Å². The van der Waals surface area contributed by atoms with E-state index in [1.54, 1.807) is 18.2 Å². The number of phenols is 1. The first kappa shape index (κ1) is 14.0. The Morgan fingerprint density at radius 1 is 1.00 bits per heavy atom. The summed E-state index contributed by atoms with van der Waals surface area (Å²) in [6, 6.07) is 8.57. The van der Waals surface area contributed by atoms with Crippen LogP contribution in [0.15, 0.2) is 40.9 Å². The fourth-order valence-corrected chi connectivity index (χ4v) is 2.10. The number of phenolic OH excluding ortho intramolecular Hbond substituents is 1. The van der Waals surface area contributed by atoms with Gasteiger partial charge in [0.1, 0.15) is 17.4 Å². The van der Waals surface area contributed by atoms with Crippen LogP contribution in [0, 0.1) is 11.6 Å². The third kappa shape index (κ3) is 3.75. The Bertz CT molecular complexity index is 590. The first-order valence-corrected chi connectivity index (χ1v) is 6.47. The Morgan fingerprint density at radius 3 is 2.47 bits per heavy atom. The smallest absolute Gasteiger partial charge is 0.130 e. The lowest BCUT2D eigenvalue weighted by atomic mass is 10.1. The summed E-state index contributed by atoms with van der Waals surface area (Å²) in [5.41, 5.74) is 1.09. The highest BCUT2D eigenvalue weighted by atomic mass is 79.9. The predicted molar refractivity (Wildman–Crippen MR) is 72.7 cm³/mol. The van der Waals surface area contributed by atoms with Gasteiger partial charge in [-0.1, -0.05) is 22.0 Å².